The maximum Gasteiger partial charge on any atom is 0.231 e. The predicted molar refractivity (Wildman–Crippen MR) is 95.3 cm³/mol. The minimum absolute atomic E-state index is 0.270. The fourth-order valence-corrected chi connectivity index (χ4v) is 3.11. The highest BCUT2D eigenvalue weighted by Crippen LogP contribution is 2.34. The van der Waals surface area contributed by atoms with E-state index in [2.05, 4.69) is 34.7 Å². The molecule has 2 heterocycles. The van der Waals surface area contributed by atoms with Crippen molar-refractivity contribution in [2.45, 2.75) is 13.5 Å². The molecule has 0 atom stereocenters. The van der Waals surface area contributed by atoms with Crippen molar-refractivity contribution >= 4 is 17.3 Å². The van der Waals surface area contributed by atoms with Gasteiger partial charge in [-0.2, -0.15) is 0 Å². The molecule has 0 amide bonds. The average molecular weight is 347 g/mol. The molecule has 7 heteroatoms. The highest BCUT2D eigenvalue weighted by molar-refractivity contribution is 7.11. The summed E-state index contributed by atoms with van der Waals surface area (Å²) in [7, 11) is 1.76. The van der Waals surface area contributed by atoms with Gasteiger partial charge in [0.15, 0.2) is 17.5 Å². The standard InChI is InChI=1S/C17H21N3O3S/c1-12-3-5-14(24-12)10-20-17(18-2)19-7-8-21-13-4-6-15-16(9-13)23-11-22-15/h3-6,9H,7-8,10-11H2,1-2H3,(H2,18,19,20). The Morgan fingerprint density at radius 2 is 2.08 bits per heavy atom. The monoisotopic (exact) mass is 347 g/mol. The van der Waals surface area contributed by atoms with Crippen molar-refractivity contribution in [2.75, 3.05) is 27.0 Å². The van der Waals surface area contributed by atoms with E-state index in [1.54, 1.807) is 18.4 Å². The van der Waals surface area contributed by atoms with E-state index in [1.807, 2.05) is 18.2 Å². The number of aliphatic imine (C=N–C) groups is 1. The van der Waals surface area contributed by atoms with Crippen molar-refractivity contribution in [3.63, 3.8) is 0 Å². The van der Waals surface area contributed by atoms with Crippen LogP contribution in [0.4, 0.5) is 0 Å². The second kappa shape index (κ2) is 7.92. The molecule has 0 saturated carbocycles. The van der Waals surface area contributed by atoms with E-state index in [1.165, 1.54) is 9.75 Å². The third kappa shape index (κ3) is 4.32. The molecule has 1 aliphatic heterocycles. The van der Waals surface area contributed by atoms with E-state index in [9.17, 15) is 0 Å². The molecule has 3 rings (SSSR count). The maximum atomic E-state index is 5.71. The van der Waals surface area contributed by atoms with Crippen LogP contribution in [-0.4, -0.2) is 33.0 Å². The van der Waals surface area contributed by atoms with Gasteiger partial charge >= 0.3 is 0 Å². The number of guanidine groups is 1. The molecule has 128 valence electrons. The number of rotatable bonds is 6. The number of hydrogen-bond donors (Lipinski definition) is 2. The molecule has 0 aliphatic carbocycles. The molecule has 6 nitrogen and oxygen atoms in total. The molecule has 1 aromatic heterocycles. The zero-order valence-corrected chi connectivity index (χ0v) is 14.6. The third-order valence-electron chi connectivity index (χ3n) is 3.46. The molecule has 24 heavy (non-hydrogen) atoms. The van der Waals surface area contributed by atoms with Gasteiger partial charge in [0.25, 0.3) is 0 Å². The van der Waals surface area contributed by atoms with Gasteiger partial charge in [0.1, 0.15) is 12.4 Å². The normalized spacial score (nSPS) is 13.0. The van der Waals surface area contributed by atoms with Crippen molar-refractivity contribution < 1.29 is 14.2 Å². The summed E-state index contributed by atoms with van der Waals surface area (Å²) in [6, 6.07) is 9.82. The molecule has 0 radical (unpaired) electrons. The minimum Gasteiger partial charge on any atom is -0.492 e. The summed E-state index contributed by atoms with van der Waals surface area (Å²) in [6.45, 7) is 4.32. The molecule has 0 bridgehead atoms. The Kier molecular flexibility index (Phi) is 5.43. The lowest BCUT2D eigenvalue weighted by Crippen LogP contribution is -2.38. The van der Waals surface area contributed by atoms with Crippen LogP contribution in [0.5, 0.6) is 17.2 Å². The van der Waals surface area contributed by atoms with Crippen molar-refractivity contribution in [3.8, 4) is 17.2 Å². The lowest BCUT2D eigenvalue weighted by molar-refractivity contribution is 0.173. The predicted octanol–water partition coefficient (Wildman–Crippen LogP) is 2.53. The molecule has 0 saturated heterocycles. The van der Waals surface area contributed by atoms with E-state index >= 15 is 0 Å². The molecule has 0 unspecified atom stereocenters. The van der Waals surface area contributed by atoms with E-state index in [-0.39, 0.29) is 6.79 Å². The second-order valence-electron chi connectivity index (χ2n) is 5.23. The Hall–Kier alpha value is -2.41. The number of fused-ring (bicyclic) bond motifs is 1. The number of nitrogens with zero attached hydrogens (tertiary/aromatic N) is 1. The average Bonchev–Trinajstić information content (AvgIpc) is 3.22. The Labute approximate surface area is 145 Å². The highest BCUT2D eigenvalue weighted by atomic mass is 32.1. The molecular formula is C17H21N3O3S. The SMILES string of the molecule is CN=C(NCCOc1ccc2c(c1)OCO2)NCc1ccc(C)s1. The summed E-state index contributed by atoms with van der Waals surface area (Å²) in [5.41, 5.74) is 0. The smallest absolute Gasteiger partial charge is 0.231 e. The Morgan fingerprint density at radius 3 is 2.88 bits per heavy atom. The fraction of sp³-hybridized carbons (Fsp3) is 0.353. The summed E-state index contributed by atoms with van der Waals surface area (Å²) < 4.78 is 16.3. The van der Waals surface area contributed by atoms with Crippen LogP contribution >= 0.6 is 11.3 Å². The summed E-state index contributed by atoms with van der Waals surface area (Å²) in [5, 5.41) is 6.52. The van der Waals surface area contributed by atoms with Gasteiger partial charge in [-0.1, -0.05) is 0 Å². The zero-order valence-electron chi connectivity index (χ0n) is 13.8. The minimum atomic E-state index is 0.270. The summed E-state index contributed by atoms with van der Waals surface area (Å²) >= 11 is 1.78. The summed E-state index contributed by atoms with van der Waals surface area (Å²) in [6.07, 6.45) is 0. The molecule has 2 aromatic rings. The number of benzene rings is 1. The van der Waals surface area contributed by atoms with E-state index in [4.69, 9.17) is 14.2 Å². The van der Waals surface area contributed by atoms with Crippen LogP contribution in [0.25, 0.3) is 0 Å². The first-order valence-corrected chi connectivity index (χ1v) is 8.58. The third-order valence-corrected chi connectivity index (χ3v) is 4.46. The van der Waals surface area contributed by atoms with Gasteiger partial charge in [0, 0.05) is 22.9 Å². The van der Waals surface area contributed by atoms with Gasteiger partial charge in [0.05, 0.1) is 13.1 Å². The van der Waals surface area contributed by atoms with Crippen LogP contribution in [-0.2, 0) is 6.54 Å². The van der Waals surface area contributed by atoms with Gasteiger partial charge in [-0.25, -0.2) is 0 Å². The van der Waals surface area contributed by atoms with Crippen LogP contribution in [0.3, 0.4) is 0 Å². The lowest BCUT2D eigenvalue weighted by atomic mass is 10.3. The van der Waals surface area contributed by atoms with Crippen LogP contribution in [0.2, 0.25) is 0 Å². The molecule has 0 fully saturated rings. The fourth-order valence-electron chi connectivity index (χ4n) is 2.28. The van der Waals surface area contributed by atoms with Gasteiger partial charge in [-0.15, -0.1) is 11.3 Å². The Morgan fingerprint density at radius 1 is 1.21 bits per heavy atom. The molecule has 0 spiro atoms. The largest absolute Gasteiger partial charge is 0.492 e. The zero-order chi connectivity index (χ0) is 16.8. The first kappa shape index (κ1) is 16.4. The van der Waals surface area contributed by atoms with Crippen LogP contribution < -0.4 is 24.8 Å². The number of nitrogens with one attached hydrogen (secondary N) is 2. The number of hydrogen-bond acceptors (Lipinski definition) is 5. The van der Waals surface area contributed by atoms with Crippen molar-refractivity contribution in [2.24, 2.45) is 4.99 Å². The lowest BCUT2D eigenvalue weighted by Gasteiger charge is -2.12. The van der Waals surface area contributed by atoms with E-state index in [0.29, 0.717) is 13.2 Å². The Balaban J connectivity index is 1.38. The first-order valence-electron chi connectivity index (χ1n) is 7.77. The second-order valence-corrected chi connectivity index (χ2v) is 6.60. The molecular weight excluding hydrogens is 326 g/mol. The van der Waals surface area contributed by atoms with Crippen molar-refractivity contribution in [1.29, 1.82) is 0 Å². The van der Waals surface area contributed by atoms with E-state index in [0.717, 1.165) is 29.8 Å². The number of aryl methyl sites for hydroxylation is 1. The molecule has 1 aliphatic rings. The van der Waals surface area contributed by atoms with Crippen LogP contribution in [0, 0.1) is 6.92 Å². The number of ether oxygens (including phenoxy) is 3. The summed E-state index contributed by atoms with van der Waals surface area (Å²) in [5.74, 6) is 3.01. The molecule has 1 aromatic carbocycles. The van der Waals surface area contributed by atoms with Gasteiger partial charge in [-0.05, 0) is 31.2 Å². The van der Waals surface area contributed by atoms with Crippen LogP contribution in [0.15, 0.2) is 35.3 Å². The van der Waals surface area contributed by atoms with Crippen molar-refractivity contribution in [1.82, 2.24) is 10.6 Å². The van der Waals surface area contributed by atoms with Gasteiger partial charge in [0.2, 0.25) is 6.79 Å². The van der Waals surface area contributed by atoms with Crippen LogP contribution in [0.1, 0.15) is 9.75 Å². The van der Waals surface area contributed by atoms with E-state index < -0.39 is 0 Å². The first-order chi connectivity index (χ1) is 11.7. The number of thiophene rings is 1. The topological polar surface area (TPSA) is 64.1 Å². The molecule has 2 N–H and O–H groups in total. The summed E-state index contributed by atoms with van der Waals surface area (Å²) in [4.78, 5) is 6.80. The quantitative estimate of drug-likeness (QED) is 0.478. The highest BCUT2D eigenvalue weighted by Gasteiger charge is 2.13. The van der Waals surface area contributed by atoms with Crippen molar-refractivity contribution in [3.05, 3.63) is 40.1 Å². The van der Waals surface area contributed by atoms with Gasteiger partial charge in [-0.3, -0.25) is 4.99 Å². The maximum absolute atomic E-state index is 5.71. The Bertz CT molecular complexity index is 715. The van der Waals surface area contributed by atoms with Gasteiger partial charge < -0.3 is 24.8 Å².